The van der Waals surface area contributed by atoms with Crippen molar-refractivity contribution < 1.29 is 13.2 Å². The van der Waals surface area contributed by atoms with E-state index in [9.17, 15) is 8.42 Å². The molecule has 0 amide bonds. The molecule has 29 heavy (non-hydrogen) atoms. The van der Waals surface area contributed by atoms with Gasteiger partial charge in [-0.2, -0.15) is 5.10 Å². The van der Waals surface area contributed by atoms with Crippen LogP contribution < -0.4 is 4.74 Å². The van der Waals surface area contributed by atoms with Gasteiger partial charge >= 0.3 is 0 Å². The molecule has 2 aromatic heterocycles. The van der Waals surface area contributed by atoms with E-state index >= 15 is 0 Å². The number of likely N-dealkylation sites (tertiary alicyclic amines) is 1. The lowest BCUT2D eigenvalue weighted by Gasteiger charge is -2.16. The number of hydrogen-bond donors (Lipinski definition) is 0. The molecule has 4 heterocycles. The van der Waals surface area contributed by atoms with Gasteiger partial charge in [0.15, 0.2) is 9.84 Å². The maximum absolute atomic E-state index is 13.2. The third-order valence-corrected chi connectivity index (χ3v) is 8.16. The summed E-state index contributed by atoms with van der Waals surface area (Å²) in [5.41, 5.74) is 3.80. The highest BCUT2D eigenvalue weighted by molar-refractivity contribution is 7.92. The molecule has 8 heteroatoms. The van der Waals surface area contributed by atoms with E-state index in [0.717, 1.165) is 28.8 Å². The fraction of sp³-hybridized carbons (Fsp3) is 0.333. The van der Waals surface area contributed by atoms with E-state index in [0.29, 0.717) is 23.9 Å². The smallest absolute Gasteiger partial charge is 0.221 e. The molecular formula is C21H22N4O3S. The Kier molecular flexibility index (Phi) is 4.22. The number of pyridine rings is 1. The minimum absolute atomic E-state index is 0.0192. The van der Waals surface area contributed by atoms with Crippen molar-refractivity contribution in [3.05, 3.63) is 60.0 Å². The minimum Gasteiger partial charge on any atom is -0.481 e. The standard InChI is InChI=1S/C21H22N4O3S/c1-24-10-14(9-23-24)11-25-12-18-17-8-15(16-4-3-7-22-21(16)28-2)5-6-19(17)29(26,27)20(18)13-25/h3-10,18,20H,11-13H2,1-2H3/t18-,20-/m1/s1. The van der Waals surface area contributed by atoms with Gasteiger partial charge in [0.25, 0.3) is 0 Å². The van der Waals surface area contributed by atoms with Crippen LogP contribution in [-0.2, 0) is 23.4 Å². The Hall–Kier alpha value is -2.71. The number of methoxy groups -OCH3 is 1. The van der Waals surface area contributed by atoms with Crippen LogP contribution in [-0.4, -0.2) is 53.5 Å². The van der Waals surface area contributed by atoms with E-state index in [1.165, 1.54) is 0 Å². The van der Waals surface area contributed by atoms with Crippen LogP contribution in [0.5, 0.6) is 5.88 Å². The summed E-state index contributed by atoms with van der Waals surface area (Å²) in [7, 11) is 0.149. The number of aromatic nitrogens is 3. The number of sulfone groups is 1. The van der Waals surface area contributed by atoms with Crippen LogP contribution in [0.3, 0.4) is 0 Å². The van der Waals surface area contributed by atoms with Gasteiger partial charge in [-0.3, -0.25) is 9.58 Å². The van der Waals surface area contributed by atoms with E-state index in [1.54, 1.807) is 24.1 Å². The minimum atomic E-state index is -3.33. The van der Waals surface area contributed by atoms with E-state index in [2.05, 4.69) is 15.0 Å². The van der Waals surface area contributed by atoms with Gasteiger partial charge in [0.1, 0.15) is 0 Å². The monoisotopic (exact) mass is 410 g/mol. The fourth-order valence-corrected chi connectivity index (χ4v) is 6.80. The molecule has 0 spiro atoms. The molecule has 5 rings (SSSR count). The van der Waals surface area contributed by atoms with Crippen molar-refractivity contribution in [1.29, 1.82) is 0 Å². The van der Waals surface area contributed by atoms with Crippen molar-refractivity contribution in [3.63, 3.8) is 0 Å². The summed E-state index contributed by atoms with van der Waals surface area (Å²) in [4.78, 5) is 6.95. The first-order chi connectivity index (χ1) is 14.0. The van der Waals surface area contributed by atoms with Gasteiger partial charge in [0.05, 0.1) is 23.5 Å². The molecule has 1 aromatic carbocycles. The zero-order valence-electron chi connectivity index (χ0n) is 16.3. The third-order valence-electron chi connectivity index (χ3n) is 5.90. The van der Waals surface area contributed by atoms with Gasteiger partial charge in [0, 0.05) is 56.1 Å². The van der Waals surface area contributed by atoms with Crippen LogP contribution in [0, 0.1) is 0 Å². The summed E-state index contributed by atoms with van der Waals surface area (Å²) >= 11 is 0. The van der Waals surface area contributed by atoms with Gasteiger partial charge < -0.3 is 4.74 Å². The lowest BCUT2D eigenvalue weighted by Crippen LogP contribution is -2.25. The predicted octanol–water partition coefficient (Wildman–Crippen LogP) is 2.25. The summed E-state index contributed by atoms with van der Waals surface area (Å²) < 4.78 is 33.5. The quantitative estimate of drug-likeness (QED) is 0.657. The molecule has 1 saturated heterocycles. The number of benzene rings is 1. The maximum Gasteiger partial charge on any atom is 0.221 e. The molecule has 0 bridgehead atoms. The molecule has 2 aliphatic rings. The first-order valence-corrected chi connectivity index (χ1v) is 11.1. The number of rotatable bonds is 4. The highest BCUT2D eigenvalue weighted by Gasteiger charge is 2.50. The summed E-state index contributed by atoms with van der Waals surface area (Å²) in [5.74, 6) is 0.517. The van der Waals surface area contributed by atoms with Gasteiger partial charge in [-0.05, 0) is 35.4 Å². The Morgan fingerprint density at radius 3 is 2.86 bits per heavy atom. The van der Waals surface area contributed by atoms with Crippen LogP contribution in [0.2, 0.25) is 0 Å². The second-order valence-corrected chi connectivity index (χ2v) is 9.85. The van der Waals surface area contributed by atoms with Crippen molar-refractivity contribution in [2.45, 2.75) is 22.6 Å². The molecule has 0 N–H and O–H groups in total. The lowest BCUT2D eigenvalue weighted by molar-refractivity contribution is 0.325. The first-order valence-electron chi connectivity index (χ1n) is 9.54. The van der Waals surface area contributed by atoms with Crippen LogP contribution in [0.1, 0.15) is 17.0 Å². The second-order valence-electron chi connectivity index (χ2n) is 7.72. The fourth-order valence-electron chi connectivity index (χ4n) is 4.61. The number of nitrogens with zero attached hydrogens (tertiary/aromatic N) is 4. The molecule has 1 fully saturated rings. The van der Waals surface area contributed by atoms with Crippen molar-refractivity contribution in [2.24, 2.45) is 7.05 Å². The van der Waals surface area contributed by atoms with Gasteiger partial charge in [0.2, 0.25) is 5.88 Å². The molecule has 0 radical (unpaired) electrons. The van der Waals surface area contributed by atoms with Crippen molar-refractivity contribution >= 4 is 9.84 Å². The molecule has 2 atom stereocenters. The number of fused-ring (bicyclic) bond motifs is 3. The summed E-state index contributed by atoms with van der Waals surface area (Å²) in [6, 6.07) is 9.40. The Morgan fingerprint density at radius 2 is 2.10 bits per heavy atom. The largest absolute Gasteiger partial charge is 0.481 e. The van der Waals surface area contributed by atoms with Gasteiger partial charge in [-0.1, -0.05) is 6.07 Å². The first kappa shape index (κ1) is 18.3. The number of ether oxygens (including phenoxy) is 1. The predicted molar refractivity (Wildman–Crippen MR) is 108 cm³/mol. The zero-order valence-corrected chi connectivity index (χ0v) is 17.1. The van der Waals surface area contributed by atoms with Gasteiger partial charge in [-0.25, -0.2) is 13.4 Å². The second kappa shape index (κ2) is 6.67. The maximum atomic E-state index is 13.2. The number of hydrogen-bond acceptors (Lipinski definition) is 6. The SMILES string of the molecule is COc1ncccc1-c1ccc2c(c1)[C@H]1CN(Cc3cnn(C)c3)C[C@H]1S2(=O)=O. The number of aryl methyl sites for hydroxylation is 1. The molecule has 3 aromatic rings. The lowest BCUT2D eigenvalue weighted by atomic mass is 9.95. The van der Waals surface area contributed by atoms with Crippen LogP contribution in [0.15, 0.2) is 53.8 Å². The van der Waals surface area contributed by atoms with Crippen molar-refractivity contribution in [2.75, 3.05) is 20.2 Å². The topological polar surface area (TPSA) is 77.3 Å². The van der Waals surface area contributed by atoms with Crippen molar-refractivity contribution in [1.82, 2.24) is 19.7 Å². The normalized spacial score (nSPS) is 22.4. The van der Waals surface area contributed by atoms with Crippen molar-refractivity contribution in [3.8, 4) is 17.0 Å². The van der Waals surface area contributed by atoms with Crippen LogP contribution in [0.4, 0.5) is 0 Å². The van der Waals surface area contributed by atoms with E-state index in [1.807, 2.05) is 43.7 Å². The Morgan fingerprint density at radius 1 is 1.24 bits per heavy atom. The van der Waals surface area contributed by atoms with Gasteiger partial charge in [-0.15, -0.1) is 0 Å². The average Bonchev–Trinajstić information content (AvgIpc) is 3.38. The van der Waals surface area contributed by atoms with E-state index in [4.69, 9.17) is 4.74 Å². The highest BCUT2D eigenvalue weighted by atomic mass is 32.2. The third kappa shape index (κ3) is 2.94. The molecule has 2 aliphatic heterocycles. The van der Waals surface area contributed by atoms with E-state index in [-0.39, 0.29) is 11.2 Å². The highest BCUT2D eigenvalue weighted by Crippen LogP contribution is 2.46. The molecule has 0 saturated carbocycles. The van der Waals surface area contributed by atoms with E-state index < -0.39 is 9.84 Å². The summed E-state index contributed by atoms with van der Waals surface area (Å²) in [5, 5.41) is 3.82. The molecule has 7 nitrogen and oxygen atoms in total. The Bertz CT molecular complexity index is 1190. The summed E-state index contributed by atoms with van der Waals surface area (Å²) in [6.07, 6.45) is 5.50. The van der Waals surface area contributed by atoms with Crippen LogP contribution in [0.25, 0.3) is 11.1 Å². The average molecular weight is 410 g/mol. The molecular weight excluding hydrogens is 388 g/mol. The Labute approximate surface area is 169 Å². The molecule has 0 aliphatic carbocycles. The zero-order chi connectivity index (χ0) is 20.2. The Balaban J connectivity index is 1.50. The summed E-state index contributed by atoms with van der Waals surface area (Å²) in [6.45, 7) is 1.98. The molecule has 150 valence electrons. The van der Waals surface area contributed by atoms with Crippen LogP contribution >= 0.6 is 0 Å². The molecule has 0 unspecified atom stereocenters.